The van der Waals surface area contributed by atoms with Crippen LogP contribution in [0.2, 0.25) is 0 Å². The van der Waals surface area contributed by atoms with Crippen LogP contribution in [0.3, 0.4) is 0 Å². The third-order valence-electron chi connectivity index (χ3n) is 1.03. The molecule has 0 radical (unpaired) electrons. The molecule has 0 aromatic carbocycles. The molecule has 11 heavy (non-hydrogen) atoms. The third-order valence-corrected chi connectivity index (χ3v) is 1.03. The van der Waals surface area contributed by atoms with Crippen molar-refractivity contribution in [3.8, 4) is 0 Å². The fourth-order valence-corrected chi connectivity index (χ4v) is 0.601. The molecule has 0 bridgehead atoms. The first-order chi connectivity index (χ1) is 5.35. The molecule has 2 heteroatoms. The highest BCUT2D eigenvalue weighted by Crippen LogP contribution is 2.02. The Morgan fingerprint density at radius 1 is 1.55 bits per heavy atom. The number of aliphatic imine (C=N–C) groups is 2. The third kappa shape index (κ3) is 5.27. The first-order valence-electron chi connectivity index (χ1n) is 3.63. The standard InChI is InChI=1S/C9H14N2/c1-4-6-9(8-10-3)11-7-5-2/h4,7-8H,1,3,5-6H2,2H3/b9-8-,11-7?. The summed E-state index contributed by atoms with van der Waals surface area (Å²) < 4.78 is 0. The van der Waals surface area contributed by atoms with E-state index in [0.717, 1.165) is 18.5 Å². The van der Waals surface area contributed by atoms with Crippen LogP contribution in [0.15, 0.2) is 34.5 Å². The van der Waals surface area contributed by atoms with Gasteiger partial charge in [-0.1, -0.05) is 13.0 Å². The molecular weight excluding hydrogens is 136 g/mol. The van der Waals surface area contributed by atoms with Gasteiger partial charge in [-0.15, -0.1) is 6.58 Å². The van der Waals surface area contributed by atoms with Crippen molar-refractivity contribution < 1.29 is 0 Å². The molecule has 0 fully saturated rings. The summed E-state index contributed by atoms with van der Waals surface area (Å²) in [5, 5.41) is 0. The number of rotatable bonds is 5. The second-order valence-corrected chi connectivity index (χ2v) is 2.02. The fraction of sp³-hybridized carbons (Fsp3) is 0.333. The number of hydrogen-bond donors (Lipinski definition) is 0. The molecule has 0 atom stereocenters. The fourth-order valence-electron chi connectivity index (χ4n) is 0.601. The van der Waals surface area contributed by atoms with Crippen molar-refractivity contribution in [3.63, 3.8) is 0 Å². The van der Waals surface area contributed by atoms with Crippen LogP contribution in [-0.4, -0.2) is 12.9 Å². The van der Waals surface area contributed by atoms with Gasteiger partial charge >= 0.3 is 0 Å². The molecule has 0 saturated heterocycles. The van der Waals surface area contributed by atoms with Gasteiger partial charge < -0.3 is 0 Å². The van der Waals surface area contributed by atoms with Crippen molar-refractivity contribution in [2.45, 2.75) is 19.8 Å². The smallest absolute Gasteiger partial charge is 0.0619 e. The zero-order chi connectivity index (χ0) is 8.53. The average molecular weight is 150 g/mol. The maximum absolute atomic E-state index is 4.15. The largest absolute Gasteiger partial charge is 0.271 e. The Balaban J connectivity index is 4.09. The van der Waals surface area contributed by atoms with Crippen LogP contribution >= 0.6 is 0 Å². The minimum atomic E-state index is 0.746. The molecule has 0 unspecified atom stereocenters. The number of hydrogen-bond acceptors (Lipinski definition) is 2. The summed E-state index contributed by atoms with van der Waals surface area (Å²) in [5.74, 6) is 0. The van der Waals surface area contributed by atoms with E-state index in [9.17, 15) is 0 Å². The Labute approximate surface area is 68.1 Å². The minimum Gasteiger partial charge on any atom is -0.271 e. The Kier molecular flexibility index (Phi) is 6.19. The highest BCUT2D eigenvalue weighted by atomic mass is 14.8. The van der Waals surface area contributed by atoms with Crippen LogP contribution in [0.1, 0.15) is 19.8 Å². The Bertz CT molecular complexity index is 178. The molecule has 0 aromatic rings. The van der Waals surface area contributed by atoms with Gasteiger partial charge in [0.2, 0.25) is 0 Å². The molecule has 0 saturated carbocycles. The maximum Gasteiger partial charge on any atom is 0.0619 e. The van der Waals surface area contributed by atoms with E-state index < -0.39 is 0 Å². The minimum absolute atomic E-state index is 0.746. The second-order valence-electron chi connectivity index (χ2n) is 2.02. The molecular formula is C9H14N2. The summed E-state index contributed by atoms with van der Waals surface area (Å²) in [6.45, 7) is 9.01. The van der Waals surface area contributed by atoms with Gasteiger partial charge in [0.15, 0.2) is 0 Å². The molecule has 0 aliphatic carbocycles. The van der Waals surface area contributed by atoms with E-state index >= 15 is 0 Å². The summed E-state index contributed by atoms with van der Waals surface area (Å²) in [6, 6.07) is 0. The molecule has 0 spiro atoms. The topological polar surface area (TPSA) is 24.7 Å². The van der Waals surface area contributed by atoms with Crippen LogP contribution in [-0.2, 0) is 0 Å². The SMILES string of the molecule is C=CC/C(=C/N=C)N=CCC. The lowest BCUT2D eigenvalue weighted by Gasteiger charge is -1.92. The zero-order valence-electron chi connectivity index (χ0n) is 6.95. The molecule has 0 aliphatic rings. The molecule has 0 aromatic heterocycles. The van der Waals surface area contributed by atoms with Gasteiger partial charge in [-0.3, -0.25) is 9.98 Å². The second kappa shape index (κ2) is 6.93. The van der Waals surface area contributed by atoms with Crippen LogP contribution in [0.5, 0.6) is 0 Å². The number of allylic oxidation sites excluding steroid dienone is 1. The molecule has 60 valence electrons. The summed E-state index contributed by atoms with van der Waals surface area (Å²) in [4.78, 5) is 7.79. The van der Waals surface area contributed by atoms with Crippen LogP contribution in [0, 0.1) is 0 Å². The molecule has 0 N–H and O–H groups in total. The van der Waals surface area contributed by atoms with Gasteiger partial charge in [-0.05, 0) is 13.1 Å². The molecule has 0 amide bonds. The van der Waals surface area contributed by atoms with Crippen molar-refractivity contribution in [1.29, 1.82) is 0 Å². The van der Waals surface area contributed by atoms with E-state index in [2.05, 4.69) is 23.3 Å². The lowest BCUT2D eigenvalue weighted by Crippen LogP contribution is -1.76. The predicted molar refractivity (Wildman–Crippen MR) is 51.2 cm³/mol. The summed E-state index contributed by atoms with van der Waals surface area (Å²) in [6.07, 6.45) is 6.97. The van der Waals surface area contributed by atoms with Crippen LogP contribution < -0.4 is 0 Å². The maximum atomic E-state index is 4.15. The van der Waals surface area contributed by atoms with Gasteiger partial charge in [0, 0.05) is 18.8 Å². The van der Waals surface area contributed by atoms with Gasteiger partial charge in [0.05, 0.1) is 5.70 Å². The average Bonchev–Trinajstić information content (AvgIpc) is 2.01. The van der Waals surface area contributed by atoms with Crippen LogP contribution in [0.25, 0.3) is 0 Å². The van der Waals surface area contributed by atoms with Crippen molar-refractivity contribution >= 4 is 12.9 Å². The summed E-state index contributed by atoms with van der Waals surface area (Å²) in [5.41, 5.74) is 0.900. The van der Waals surface area contributed by atoms with Crippen LogP contribution in [0.4, 0.5) is 0 Å². The van der Waals surface area contributed by atoms with Gasteiger partial charge in [-0.25, -0.2) is 0 Å². The Morgan fingerprint density at radius 3 is 2.73 bits per heavy atom. The first-order valence-corrected chi connectivity index (χ1v) is 3.63. The predicted octanol–water partition coefficient (Wildman–Crippen LogP) is 2.59. The molecule has 0 heterocycles. The monoisotopic (exact) mass is 150 g/mol. The van der Waals surface area contributed by atoms with Crippen molar-refractivity contribution in [2.75, 3.05) is 0 Å². The van der Waals surface area contributed by atoms with Crippen molar-refractivity contribution in [1.82, 2.24) is 0 Å². The van der Waals surface area contributed by atoms with E-state index in [4.69, 9.17) is 0 Å². The lowest BCUT2D eigenvalue weighted by molar-refractivity contribution is 1.14. The Morgan fingerprint density at radius 2 is 2.27 bits per heavy atom. The Hall–Kier alpha value is -1.18. The number of nitrogens with zero attached hydrogens (tertiary/aromatic N) is 2. The summed E-state index contributed by atoms with van der Waals surface area (Å²) in [7, 11) is 0. The van der Waals surface area contributed by atoms with Gasteiger partial charge in [0.25, 0.3) is 0 Å². The van der Waals surface area contributed by atoms with E-state index in [0.29, 0.717) is 0 Å². The molecule has 0 rings (SSSR count). The zero-order valence-corrected chi connectivity index (χ0v) is 6.95. The normalized spacial score (nSPS) is 11.9. The highest BCUT2D eigenvalue weighted by molar-refractivity contribution is 5.58. The first kappa shape index (κ1) is 9.82. The van der Waals surface area contributed by atoms with Crippen molar-refractivity contribution in [3.05, 3.63) is 24.6 Å². The van der Waals surface area contributed by atoms with Gasteiger partial charge in [-0.2, -0.15) is 0 Å². The van der Waals surface area contributed by atoms with E-state index in [1.807, 2.05) is 13.1 Å². The molecule has 2 nitrogen and oxygen atoms in total. The van der Waals surface area contributed by atoms with Crippen molar-refractivity contribution in [2.24, 2.45) is 9.98 Å². The lowest BCUT2D eigenvalue weighted by atomic mass is 10.3. The van der Waals surface area contributed by atoms with Gasteiger partial charge in [0.1, 0.15) is 0 Å². The van der Waals surface area contributed by atoms with E-state index in [-0.39, 0.29) is 0 Å². The quantitative estimate of drug-likeness (QED) is 0.425. The molecule has 0 aliphatic heterocycles. The highest BCUT2D eigenvalue weighted by Gasteiger charge is 1.86. The summed E-state index contributed by atoms with van der Waals surface area (Å²) >= 11 is 0. The van der Waals surface area contributed by atoms with E-state index in [1.54, 1.807) is 12.3 Å². The van der Waals surface area contributed by atoms with E-state index in [1.165, 1.54) is 0 Å².